The summed E-state index contributed by atoms with van der Waals surface area (Å²) in [6.45, 7) is 6.42. The van der Waals surface area contributed by atoms with Crippen LogP contribution in [0, 0.1) is 5.92 Å². The molecule has 1 saturated heterocycles. The molecule has 1 fully saturated rings. The number of fused-ring (bicyclic) bond motifs is 1. The average molecular weight is 464 g/mol. The molecule has 4 rings (SSSR count). The maximum atomic E-state index is 12.9. The second-order valence-electron chi connectivity index (χ2n) is 9.26. The summed E-state index contributed by atoms with van der Waals surface area (Å²) in [6.07, 6.45) is 4.50. The van der Waals surface area contributed by atoms with E-state index in [2.05, 4.69) is 17.1 Å². The maximum Gasteiger partial charge on any atom is 0.261 e. The summed E-state index contributed by atoms with van der Waals surface area (Å²) in [7, 11) is 1.52. The summed E-state index contributed by atoms with van der Waals surface area (Å²) in [5.41, 5.74) is 1.93. The molecule has 0 aliphatic carbocycles. The van der Waals surface area contributed by atoms with E-state index in [4.69, 9.17) is 4.74 Å². The van der Waals surface area contributed by atoms with Gasteiger partial charge in [0.05, 0.1) is 30.3 Å². The van der Waals surface area contributed by atoms with Gasteiger partial charge in [-0.3, -0.25) is 19.3 Å². The van der Waals surface area contributed by atoms with Crippen molar-refractivity contribution in [3.63, 3.8) is 0 Å². The summed E-state index contributed by atoms with van der Waals surface area (Å²) in [5.74, 6) is 0.452. The van der Waals surface area contributed by atoms with Crippen LogP contribution in [-0.2, 0) is 6.54 Å². The highest BCUT2D eigenvalue weighted by Crippen LogP contribution is 2.26. The lowest BCUT2D eigenvalue weighted by Crippen LogP contribution is -2.34. The number of hydrogen-bond acceptors (Lipinski definition) is 5. The van der Waals surface area contributed by atoms with Crippen molar-refractivity contribution in [2.24, 2.45) is 5.92 Å². The fourth-order valence-corrected chi connectivity index (χ4v) is 4.64. The van der Waals surface area contributed by atoms with Crippen LogP contribution < -0.4 is 10.1 Å². The second-order valence-corrected chi connectivity index (χ2v) is 9.26. The lowest BCUT2D eigenvalue weighted by atomic mass is 9.99. The van der Waals surface area contributed by atoms with E-state index >= 15 is 0 Å². The first kappa shape index (κ1) is 24.0. The average Bonchev–Trinajstić information content (AvgIpc) is 3.09. The number of imide groups is 1. The third-order valence-electron chi connectivity index (χ3n) is 6.79. The number of likely N-dealkylation sites (tertiary alicyclic amines) is 1. The van der Waals surface area contributed by atoms with E-state index < -0.39 is 0 Å². The van der Waals surface area contributed by atoms with Gasteiger partial charge < -0.3 is 15.0 Å². The number of nitrogens with one attached hydrogen (secondary N) is 1. The number of rotatable bonds is 9. The smallest absolute Gasteiger partial charge is 0.261 e. The van der Waals surface area contributed by atoms with Crippen molar-refractivity contribution >= 4 is 17.7 Å². The fourth-order valence-electron chi connectivity index (χ4n) is 4.64. The summed E-state index contributed by atoms with van der Waals surface area (Å²) < 4.78 is 5.38. The summed E-state index contributed by atoms with van der Waals surface area (Å²) in [4.78, 5) is 42.0. The first-order valence-electron chi connectivity index (χ1n) is 12.1. The number of carbonyl (C=O) groups is 3. The molecule has 2 aliphatic heterocycles. The van der Waals surface area contributed by atoms with Crippen LogP contribution >= 0.6 is 0 Å². The van der Waals surface area contributed by atoms with Crippen LogP contribution in [0.1, 0.15) is 69.2 Å². The zero-order valence-electron chi connectivity index (χ0n) is 20.0. The Balaban J connectivity index is 1.33. The molecule has 0 spiro atoms. The molecule has 0 unspecified atom stereocenters. The van der Waals surface area contributed by atoms with Gasteiger partial charge in [-0.25, -0.2) is 0 Å². The number of nitrogens with zero attached hydrogens (tertiary/aromatic N) is 2. The Labute approximate surface area is 201 Å². The van der Waals surface area contributed by atoms with Crippen LogP contribution in [0.3, 0.4) is 0 Å². The van der Waals surface area contributed by atoms with Crippen molar-refractivity contribution in [1.29, 1.82) is 0 Å². The van der Waals surface area contributed by atoms with E-state index in [-0.39, 0.29) is 24.3 Å². The molecular weight excluding hydrogens is 430 g/mol. The molecule has 0 radical (unpaired) electrons. The van der Waals surface area contributed by atoms with Crippen LogP contribution in [0.2, 0.25) is 0 Å². The molecule has 1 N–H and O–H groups in total. The molecule has 7 nitrogen and oxygen atoms in total. The first-order chi connectivity index (χ1) is 16.5. The minimum Gasteiger partial charge on any atom is -0.496 e. The topological polar surface area (TPSA) is 78.9 Å². The third-order valence-corrected chi connectivity index (χ3v) is 6.79. The number of carbonyl (C=O) groups excluding carboxylic acids is 3. The van der Waals surface area contributed by atoms with Gasteiger partial charge >= 0.3 is 0 Å². The van der Waals surface area contributed by atoms with Gasteiger partial charge in [-0.15, -0.1) is 0 Å². The van der Waals surface area contributed by atoms with Crippen LogP contribution in [0.25, 0.3) is 0 Å². The Morgan fingerprint density at radius 1 is 1.03 bits per heavy atom. The van der Waals surface area contributed by atoms with Crippen molar-refractivity contribution in [3.05, 3.63) is 64.7 Å². The Hall–Kier alpha value is -3.19. The van der Waals surface area contributed by atoms with Crippen molar-refractivity contribution < 1.29 is 19.1 Å². The van der Waals surface area contributed by atoms with E-state index in [0.29, 0.717) is 34.5 Å². The fraction of sp³-hybridized carbons (Fsp3) is 0.444. The molecule has 0 atom stereocenters. The van der Waals surface area contributed by atoms with Crippen LogP contribution in [0.15, 0.2) is 42.5 Å². The third kappa shape index (κ3) is 5.30. The summed E-state index contributed by atoms with van der Waals surface area (Å²) in [6, 6.07) is 12.0. The van der Waals surface area contributed by atoms with Crippen LogP contribution in [0.4, 0.5) is 0 Å². The van der Waals surface area contributed by atoms with Gasteiger partial charge in [0, 0.05) is 6.54 Å². The monoisotopic (exact) mass is 463 g/mol. The van der Waals surface area contributed by atoms with Gasteiger partial charge in [-0.2, -0.15) is 0 Å². The molecule has 0 aromatic heterocycles. The number of methoxy groups -OCH3 is 1. The van der Waals surface area contributed by atoms with E-state index in [1.54, 1.807) is 42.5 Å². The molecule has 2 aromatic carbocycles. The van der Waals surface area contributed by atoms with Crippen molar-refractivity contribution in [3.8, 4) is 5.75 Å². The highest BCUT2D eigenvalue weighted by Gasteiger charge is 2.35. The summed E-state index contributed by atoms with van der Waals surface area (Å²) in [5, 5.41) is 2.99. The van der Waals surface area contributed by atoms with Crippen molar-refractivity contribution in [2.75, 3.05) is 33.3 Å². The van der Waals surface area contributed by atoms with Crippen LogP contribution in [0.5, 0.6) is 5.75 Å². The predicted octanol–water partition coefficient (Wildman–Crippen LogP) is 3.73. The molecule has 2 aromatic rings. The number of benzene rings is 2. The Morgan fingerprint density at radius 3 is 2.35 bits per heavy atom. The van der Waals surface area contributed by atoms with Gasteiger partial charge in [0.25, 0.3) is 17.7 Å². The molecule has 2 heterocycles. The number of hydrogen-bond donors (Lipinski definition) is 1. The molecular formula is C27H33N3O4. The lowest BCUT2D eigenvalue weighted by Gasteiger charge is -2.30. The number of unbranched alkanes of at least 4 members (excludes halogenated alkanes) is 1. The molecule has 2 aliphatic rings. The van der Waals surface area contributed by atoms with Crippen LogP contribution in [-0.4, -0.2) is 60.8 Å². The van der Waals surface area contributed by atoms with Crippen molar-refractivity contribution in [1.82, 2.24) is 15.1 Å². The standard InChI is InChI=1S/C27H33N3O4/c1-19-11-15-29(16-12-19)14-6-5-13-28-25(31)23-17-20(9-10-24(23)34-2)18-30-26(32)21-7-3-4-8-22(21)27(30)33/h3-4,7-10,17,19H,5-6,11-16,18H2,1-2H3,(H,28,31). The van der Waals surface area contributed by atoms with Gasteiger partial charge in [-0.05, 0) is 81.1 Å². The molecule has 0 saturated carbocycles. The normalized spacial score (nSPS) is 16.6. The molecule has 180 valence electrons. The highest BCUT2D eigenvalue weighted by atomic mass is 16.5. The molecule has 7 heteroatoms. The van der Waals surface area contributed by atoms with Gasteiger partial charge in [0.15, 0.2) is 0 Å². The largest absolute Gasteiger partial charge is 0.496 e. The van der Waals surface area contributed by atoms with Gasteiger partial charge in [-0.1, -0.05) is 25.1 Å². The Kier molecular flexibility index (Phi) is 7.63. The zero-order valence-corrected chi connectivity index (χ0v) is 20.0. The molecule has 0 bridgehead atoms. The minimum absolute atomic E-state index is 0.102. The molecule has 34 heavy (non-hydrogen) atoms. The summed E-state index contributed by atoms with van der Waals surface area (Å²) >= 11 is 0. The lowest BCUT2D eigenvalue weighted by molar-refractivity contribution is 0.0642. The predicted molar refractivity (Wildman–Crippen MR) is 130 cm³/mol. The number of amides is 3. The van der Waals surface area contributed by atoms with E-state index in [0.717, 1.165) is 25.3 Å². The first-order valence-corrected chi connectivity index (χ1v) is 12.1. The minimum atomic E-state index is -0.314. The molecule has 3 amide bonds. The maximum absolute atomic E-state index is 12.9. The highest BCUT2D eigenvalue weighted by molar-refractivity contribution is 6.21. The van der Waals surface area contributed by atoms with Gasteiger partial charge in [0.1, 0.15) is 5.75 Å². The van der Waals surface area contributed by atoms with Gasteiger partial charge in [0.2, 0.25) is 0 Å². The number of ether oxygens (including phenoxy) is 1. The second kappa shape index (κ2) is 10.8. The van der Waals surface area contributed by atoms with E-state index in [1.165, 1.54) is 37.9 Å². The Bertz CT molecular complexity index is 1020. The SMILES string of the molecule is COc1ccc(CN2C(=O)c3ccccc3C2=O)cc1C(=O)NCCCCN1CCC(C)CC1. The van der Waals surface area contributed by atoms with E-state index in [9.17, 15) is 14.4 Å². The number of piperidine rings is 1. The van der Waals surface area contributed by atoms with Crippen molar-refractivity contribution in [2.45, 2.75) is 39.2 Å². The quantitative estimate of drug-likeness (QED) is 0.453. The van der Waals surface area contributed by atoms with E-state index in [1.807, 2.05) is 0 Å². The Morgan fingerprint density at radius 2 is 1.71 bits per heavy atom. The zero-order chi connectivity index (χ0) is 24.1.